The van der Waals surface area contributed by atoms with Crippen molar-refractivity contribution in [3.8, 4) is 0 Å². The number of carbonyl (C=O) groups is 1. The Kier molecular flexibility index (Phi) is 5.58. The van der Waals surface area contributed by atoms with Crippen LogP contribution in [-0.2, 0) is 14.6 Å². The standard InChI is InChI=1S/C12H16F2N2O3S/c1-8(7-15-2)11(17)16-9-4-3-5-10(6-9)20(18,19)12(13)14/h3-6,8,12,15H,7H2,1-2H3,(H,16,17). The smallest absolute Gasteiger partial charge is 0.326 e. The van der Waals surface area contributed by atoms with E-state index in [0.29, 0.717) is 6.54 Å². The van der Waals surface area contributed by atoms with Crippen LogP contribution in [0, 0.1) is 5.92 Å². The Morgan fingerprint density at radius 3 is 2.55 bits per heavy atom. The number of anilines is 1. The van der Waals surface area contributed by atoms with E-state index in [-0.39, 0.29) is 17.5 Å². The highest BCUT2D eigenvalue weighted by Crippen LogP contribution is 2.21. The molecule has 112 valence electrons. The van der Waals surface area contributed by atoms with Crippen molar-refractivity contribution < 1.29 is 22.0 Å². The van der Waals surface area contributed by atoms with Gasteiger partial charge in [-0.1, -0.05) is 13.0 Å². The fourth-order valence-electron chi connectivity index (χ4n) is 1.52. The third-order valence-electron chi connectivity index (χ3n) is 2.62. The maximum absolute atomic E-state index is 12.4. The third-order valence-corrected chi connectivity index (χ3v) is 4.00. The number of hydrogen-bond donors (Lipinski definition) is 2. The molecule has 0 bridgehead atoms. The van der Waals surface area contributed by atoms with Crippen LogP contribution in [-0.4, -0.2) is 33.7 Å². The average Bonchev–Trinajstić information content (AvgIpc) is 2.39. The molecule has 5 nitrogen and oxygen atoms in total. The summed E-state index contributed by atoms with van der Waals surface area (Å²) in [4.78, 5) is 11.2. The molecule has 1 aromatic rings. The molecule has 0 aromatic heterocycles. The first-order chi connectivity index (χ1) is 9.28. The summed E-state index contributed by atoms with van der Waals surface area (Å²) in [6.45, 7) is 2.13. The Labute approximate surface area is 116 Å². The number of alkyl halides is 2. The monoisotopic (exact) mass is 306 g/mol. The van der Waals surface area contributed by atoms with Crippen molar-refractivity contribution in [3.63, 3.8) is 0 Å². The van der Waals surface area contributed by atoms with Gasteiger partial charge in [0, 0.05) is 18.2 Å². The van der Waals surface area contributed by atoms with Crippen molar-refractivity contribution in [1.29, 1.82) is 0 Å². The lowest BCUT2D eigenvalue weighted by Gasteiger charge is -2.12. The molecule has 1 rings (SSSR count). The highest BCUT2D eigenvalue weighted by molar-refractivity contribution is 7.91. The number of benzene rings is 1. The van der Waals surface area contributed by atoms with Gasteiger partial charge in [0.2, 0.25) is 15.7 Å². The molecular weight excluding hydrogens is 290 g/mol. The Hall–Kier alpha value is -1.54. The van der Waals surface area contributed by atoms with Crippen molar-refractivity contribution >= 4 is 21.4 Å². The van der Waals surface area contributed by atoms with Crippen LogP contribution in [0.15, 0.2) is 29.2 Å². The van der Waals surface area contributed by atoms with E-state index in [2.05, 4.69) is 10.6 Å². The van der Waals surface area contributed by atoms with Gasteiger partial charge >= 0.3 is 5.76 Å². The molecule has 20 heavy (non-hydrogen) atoms. The minimum atomic E-state index is -4.66. The Morgan fingerprint density at radius 1 is 1.35 bits per heavy atom. The van der Waals surface area contributed by atoms with E-state index >= 15 is 0 Å². The Bertz CT molecular complexity index is 576. The molecular formula is C12H16F2N2O3S. The minimum Gasteiger partial charge on any atom is -0.326 e. The molecule has 0 aliphatic carbocycles. The summed E-state index contributed by atoms with van der Waals surface area (Å²) in [5.41, 5.74) is 0.166. The van der Waals surface area contributed by atoms with E-state index in [1.54, 1.807) is 14.0 Å². The second-order valence-corrected chi connectivity index (χ2v) is 6.20. The van der Waals surface area contributed by atoms with Gasteiger partial charge in [0.05, 0.1) is 4.90 Å². The average molecular weight is 306 g/mol. The molecule has 0 spiro atoms. The summed E-state index contributed by atoms with van der Waals surface area (Å²) in [7, 11) is -2.97. The summed E-state index contributed by atoms with van der Waals surface area (Å²) in [6, 6.07) is 4.82. The maximum Gasteiger partial charge on any atom is 0.341 e. The van der Waals surface area contributed by atoms with Gasteiger partial charge in [-0.2, -0.15) is 8.78 Å². The van der Waals surface area contributed by atoms with Crippen LogP contribution in [0.3, 0.4) is 0 Å². The fraction of sp³-hybridized carbons (Fsp3) is 0.417. The summed E-state index contributed by atoms with van der Waals surface area (Å²) in [5, 5.41) is 5.32. The zero-order chi connectivity index (χ0) is 15.3. The van der Waals surface area contributed by atoms with Gasteiger partial charge in [0.1, 0.15) is 0 Å². The van der Waals surface area contributed by atoms with Gasteiger partial charge in [-0.25, -0.2) is 8.42 Å². The normalized spacial score (nSPS) is 13.2. The van der Waals surface area contributed by atoms with Crippen LogP contribution in [0.1, 0.15) is 6.92 Å². The lowest BCUT2D eigenvalue weighted by atomic mass is 10.1. The highest BCUT2D eigenvalue weighted by Gasteiger charge is 2.26. The summed E-state index contributed by atoms with van der Waals surface area (Å²) in [5.74, 6) is -4.15. The lowest BCUT2D eigenvalue weighted by Crippen LogP contribution is -2.28. The topological polar surface area (TPSA) is 75.3 Å². The molecule has 8 heteroatoms. The van der Waals surface area contributed by atoms with Crippen LogP contribution in [0.2, 0.25) is 0 Å². The third kappa shape index (κ3) is 3.97. The van der Waals surface area contributed by atoms with Gasteiger partial charge in [-0.3, -0.25) is 4.79 Å². The maximum atomic E-state index is 12.4. The predicted molar refractivity (Wildman–Crippen MR) is 71.4 cm³/mol. The zero-order valence-corrected chi connectivity index (χ0v) is 11.9. The fourth-order valence-corrected chi connectivity index (χ4v) is 2.28. The minimum absolute atomic E-state index is 0.166. The van der Waals surface area contributed by atoms with Crippen molar-refractivity contribution in [2.45, 2.75) is 17.6 Å². The number of rotatable bonds is 6. The largest absolute Gasteiger partial charge is 0.341 e. The van der Waals surface area contributed by atoms with Crippen LogP contribution < -0.4 is 10.6 Å². The van der Waals surface area contributed by atoms with Crippen molar-refractivity contribution in [3.05, 3.63) is 24.3 Å². The molecule has 2 N–H and O–H groups in total. The van der Waals surface area contributed by atoms with E-state index in [1.165, 1.54) is 12.1 Å². The first-order valence-electron chi connectivity index (χ1n) is 5.86. The van der Waals surface area contributed by atoms with Crippen molar-refractivity contribution in [1.82, 2.24) is 5.32 Å². The Morgan fingerprint density at radius 2 is 2.00 bits per heavy atom. The number of carbonyl (C=O) groups excluding carboxylic acids is 1. The summed E-state index contributed by atoms with van der Waals surface area (Å²) >= 11 is 0. The molecule has 0 aliphatic heterocycles. The first kappa shape index (κ1) is 16.5. The van der Waals surface area contributed by atoms with E-state index in [1.807, 2.05) is 0 Å². The van der Waals surface area contributed by atoms with E-state index in [9.17, 15) is 22.0 Å². The van der Waals surface area contributed by atoms with Gasteiger partial charge in [0.15, 0.2) is 0 Å². The van der Waals surface area contributed by atoms with Crippen molar-refractivity contribution in [2.75, 3.05) is 18.9 Å². The van der Waals surface area contributed by atoms with Crippen LogP contribution in [0.4, 0.5) is 14.5 Å². The number of amides is 1. The first-order valence-corrected chi connectivity index (χ1v) is 7.41. The number of hydrogen-bond acceptors (Lipinski definition) is 4. The van der Waals surface area contributed by atoms with Gasteiger partial charge in [-0.15, -0.1) is 0 Å². The molecule has 1 aromatic carbocycles. The molecule has 0 heterocycles. The number of sulfone groups is 1. The Balaban J connectivity index is 2.92. The summed E-state index contributed by atoms with van der Waals surface area (Å²) < 4.78 is 47.5. The lowest BCUT2D eigenvalue weighted by molar-refractivity contribution is -0.119. The molecule has 1 unspecified atom stereocenters. The SMILES string of the molecule is CNCC(C)C(=O)Nc1cccc(S(=O)(=O)C(F)F)c1. The molecule has 0 fully saturated rings. The zero-order valence-electron chi connectivity index (χ0n) is 11.1. The molecule has 0 saturated heterocycles. The molecule has 1 atom stereocenters. The van der Waals surface area contributed by atoms with E-state index in [4.69, 9.17) is 0 Å². The summed E-state index contributed by atoms with van der Waals surface area (Å²) in [6.07, 6.45) is 0. The van der Waals surface area contributed by atoms with Gasteiger partial charge in [0.25, 0.3) is 0 Å². The van der Waals surface area contributed by atoms with Crippen LogP contribution in [0.25, 0.3) is 0 Å². The predicted octanol–water partition coefficient (Wildman–Crippen LogP) is 1.48. The number of halogens is 2. The van der Waals surface area contributed by atoms with E-state index < -0.39 is 20.5 Å². The molecule has 0 saturated carbocycles. The van der Waals surface area contributed by atoms with E-state index in [0.717, 1.165) is 12.1 Å². The van der Waals surface area contributed by atoms with Gasteiger partial charge < -0.3 is 10.6 Å². The second kappa shape index (κ2) is 6.76. The van der Waals surface area contributed by atoms with Crippen LogP contribution in [0.5, 0.6) is 0 Å². The van der Waals surface area contributed by atoms with Crippen molar-refractivity contribution in [2.24, 2.45) is 5.92 Å². The second-order valence-electron chi connectivity index (χ2n) is 4.28. The van der Waals surface area contributed by atoms with Crippen LogP contribution >= 0.6 is 0 Å². The molecule has 0 radical (unpaired) electrons. The molecule has 1 amide bonds. The highest BCUT2D eigenvalue weighted by atomic mass is 32.2. The quantitative estimate of drug-likeness (QED) is 0.835. The van der Waals surface area contributed by atoms with Gasteiger partial charge in [-0.05, 0) is 25.2 Å². The number of nitrogens with one attached hydrogen (secondary N) is 2. The molecule has 0 aliphatic rings.